The van der Waals surface area contributed by atoms with E-state index < -0.39 is 0 Å². The van der Waals surface area contributed by atoms with Crippen LogP contribution in [0, 0.1) is 0 Å². The molecule has 1 unspecified atom stereocenters. The minimum atomic E-state index is 0.208. The Hall–Kier alpha value is -1.24. The summed E-state index contributed by atoms with van der Waals surface area (Å²) in [4.78, 5) is 0. The summed E-state index contributed by atoms with van der Waals surface area (Å²) in [5, 5.41) is 0. The minimum absolute atomic E-state index is 0.208. The summed E-state index contributed by atoms with van der Waals surface area (Å²) in [7, 11) is 0. The number of rotatable bonds is 1. The first-order valence-electron chi connectivity index (χ1n) is 4.27. The predicted octanol–water partition coefficient (Wildman–Crippen LogP) is 2.57. The highest BCUT2D eigenvalue weighted by atomic mass is 16.5. The number of ether oxygens (including phenoxy) is 1. The maximum Gasteiger partial charge on any atom is 0.123 e. The quantitative estimate of drug-likeness (QED) is 0.574. The third-order valence-corrected chi connectivity index (χ3v) is 2.21. The van der Waals surface area contributed by atoms with E-state index >= 15 is 0 Å². The van der Waals surface area contributed by atoms with Crippen molar-refractivity contribution in [2.75, 3.05) is 0 Å². The number of hydrogen-bond acceptors (Lipinski definition) is 1. The summed E-state index contributed by atoms with van der Waals surface area (Å²) in [6.45, 7) is 3.73. The largest absolute Gasteiger partial charge is 0.486 e. The van der Waals surface area contributed by atoms with Crippen molar-refractivity contribution in [1.29, 1.82) is 0 Å². The van der Waals surface area contributed by atoms with Gasteiger partial charge >= 0.3 is 0 Å². The molecule has 0 spiro atoms. The first-order chi connectivity index (χ1) is 5.90. The van der Waals surface area contributed by atoms with Crippen molar-refractivity contribution in [2.24, 2.45) is 0 Å². The van der Waals surface area contributed by atoms with Crippen molar-refractivity contribution in [3.05, 3.63) is 42.5 Å². The zero-order chi connectivity index (χ0) is 8.39. The molecule has 1 aliphatic heterocycles. The Balaban J connectivity index is 2.28. The van der Waals surface area contributed by atoms with Crippen LogP contribution in [0.25, 0.3) is 0 Å². The molecular weight excluding hydrogens is 148 g/mol. The van der Waals surface area contributed by atoms with E-state index in [0.29, 0.717) is 0 Å². The first-order valence-corrected chi connectivity index (χ1v) is 4.27. The molecule has 1 aliphatic rings. The van der Waals surface area contributed by atoms with Gasteiger partial charge < -0.3 is 4.74 Å². The normalized spacial score (nSPS) is 20.8. The Morgan fingerprint density at radius 2 is 2.25 bits per heavy atom. The SMILES string of the molecule is C=CC1CCc2ccccc2O1. The van der Waals surface area contributed by atoms with Crippen LogP contribution in [0.2, 0.25) is 0 Å². The molecule has 1 atom stereocenters. The van der Waals surface area contributed by atoms with Crippen molar-refractivity contribution >= 4 is 0 Å². The van der Waals surface area contributed by atoms with Crippen molar-refractivity contribution in [3.63, 3.8) is 0 Å². The molecule has 0 saturated carbocycles. The van der Waals surface area contributed by atoms with E-state index in [0.717, 1.165) is 18.6 Å². The third kappa shape index (κ3) is 1.22. The number of fused-ring (bicyclic) bond motifs is 1. The molecule has 12 heavy (non-hydrogen) atoms. The highest BCUT2D eigenvalue weighted by Crippen LogP contribution is 2.26. The molecule has 2 rings (SSSR count). The molecule has 0 amide bonds. The number of benzene rings is 1. The lowest BCUT2D eigenvalue weighted by molar-refractivity contribution is 0.219. The second-order valence-corrected chi connectivity index (χ2v) is 3.04. The molecule has 1 heterocycles. The van der Waals surface area contributed by atoms with Gasteiger partial charge in [0.1, 0.15) is 11.9 Å². The van der Waals surface area contributed by atoms with Gasteiger partial charge in [-0.25, -0.2) is 0 Å². The molecule has 0 saturated heterocycles. The minimum Gasteiger partial charge on any atom is -0.486 e. The van der Waals surface area contributed by atoms with Gasteiger partial charge in [-0.15, -0.1) is 0 Å². The topological polar surface area (TPSA) is 9.23 Å². The predicted molar refractivity (Wildman–Crippen MR) is 49.4 cm³/mol. The summed E-state index contributed by atoms with van der Waals surface area (Å²) < 4.78 is 5.66. The molecule has 1 heteroatoms. The standard InChI is InChI=1S/C11H12O/c1-2-10-8-7-9-5-3-4-6-11(9)12-10/h2-6,10H,1,7-8H2. The van der Waals surface area contributed by atoms with Gasteiger partial charge in [0.05, 0.1) is 0 Å². The average molecular weight is 160 g/mol. The van der Waals surface area contributed by atoms with Crippen molar-refractivity contribution in [1.82, 2.24) is 0 Å². The lowest BCUT2D eigenvalue weighted by atomic mass is 10.0. The lowest BCUT2D eigenvalue weighted by Gasteiger charge is -2.23. The van der Waals surface area contributed by atoms with Gasteiger partial charge in [-0.1, -0.05) is 30.9 Å². The fourth-order valence-electron chi connectivity index (χ4n) is 1.51. The van der Waals surface area contributed by atoms with Crippen molar-refractivity contribution in [3.8, 4) is 5.75 Å². The van der Waals surface area contributed by atoms with Crippen molar-refractivity contribution in [2.45, 2.75) is 18.9 Å². The second kappa shape index (κ2) is 3.02. The van der Waals surface area contributed by atoms with Gasteiger partial charge in [0.2, 0.25) is 0 Å². The molecular formula is C11H12O. The maximum atomic E-state index is 5.66. The highest BCUT2D eigenvalue weighted by molar-refractivity contribution is 5.35. The van der Waals surface area contributed by atoms with E-state index in [1.807, 2.05) is 18.2 Å². The van der Waals surface area contributed by atoms with Crippen LogP contribution >= 0.6 is 0 Å². The lowest BCUT2D eigenvalue weighted by Crippen LogP contribution is -2.19. The molecule has 1 aromatic carbocycles. The van der Waals surface area contributed by atoms with Crippen LogP contribution in [0.5, 0.6) is 5.75 Å². The van der Waals surface area contributed by atoms with E-state index in [1.165, 1.54) is 5.56 Å². The highest BCUT2D eigenvalue weighted by Gasteiger charge is 2.15. The zero-order valence-electron chi connectivity index (χ0n) is 6.99. The number of hydrogen-bond donors (Lipinski definition) is 0. The molecule has 0 aromatic heterocycles. The van der Waals surface area contributed by atoms with Crippen LogP contribution in [-0.2, 0) is 6.42 Å². The molecule has 0 fully saturated rings. The van der Waals surface area contributed by atoms with Crippen LogP contribution in [0.1, 0.15) is 12.0 Å². The zero-order valence-corrected chi connectivity index (χ0v) is 6.99. The van der Waals surface area contributed by atoms with E-state index in [2.05, 4.69) is 18.7 Å². The van der Waals surface area contributed by atoms with Crippen LogP contribution in [0.3, 0.4) is 0 Å². The second-order valence-electron chi connectivity index (χ2n) is 3.04. The fourth-order valence-corrected chi connectivity index (χ4v) is 1.51. The van der Waals surface area contributed by atoms with Crippen molar-refractivity contribution < 1.29 is 4.74 Å². The average Bonchev–Trinajstić information content (AvgIpc) is 2.17. The first kappa shape index (κ1) is 7.41. The van der Waals surface area contributed by atoms with E-state index in [9.17, 15) is 0 Å². The summed E-state index contributed by atoms with van der Waals surface area (Å²) in [6.07, 6.45) is 4.24. The molecule has 0 bridgehead atoms. The fraction of sp³-hybridized carbons (Fsp3) is 0.273. The van der Waals surface area contributed by atoms with Gasteiger partial charge in [-0.2, -0.15) is 0 Å². The number of para-hydroxylation sites is 1. The smallest absolute Gasteiger partial charge is 0.123 e. The summed E-state index contributed by atoms with van der Waals surface area (Å²) in [5.41, 5.74) is 1.32. The Bertz CT molecular complexity index is 291. The molecule has 1 aromatic rings. The van der Waals surface area contributed by atoms with Gasteiger partial charge in [0, 0.05) is 0 Å². The Kier molecular flexibility index (Phi) is 1.86. The van der Waals surface area contributed by atoms with E-state index in [1.54, 1.807) is 0 Å². The van der Waals surface area contributed by atoms with Crippen LogP contribution < -0.4 is 4.74 Å². The van der Waals surface area contributed by atoms with Crippen LogP contribution in [0.15, 0.2) is 36.9 Å². The van der Waals surface area contributed by atoms with Gasteiger partial charge in [-0.3, -0.25) is 0 Å². The Morgan fingerprint density at radius 3 is 3.08 bits per heavy atom. The van der Waals surface area contributed by atoms with Gasteiger partial charge in [0.25, 0.3) is 0 Å². The molecule has 1 nitrogen and oxygen atoms in total. The third-order valence-electron chi connectivity index (χ3n) is 2.21. The maximum absolute atomic E-state index is 5.66. The Morgan fingerprint density at radius 1 is 1.42 bits per heavy atom. The van der Waals surface area contributed by atoms with Gasteiger partial charge in [-0.05, 0) is 24.5 Å². The summed E-state index contributed by atoms with van der Waals surface area (Å²) in [5.74, 6) is 1.02. The van der Waals surface area contributed by atoms with E-state index in [4.69, 9.17) is 4.74 Å². The number of aryl methyl sites for hydroxylation is 1. The molecule has 0 aliphatic carbocycles. The summed E-state index contributed by atoms with van der Waals surface area (Å²) >= 11 is 0. The van der Waals surface area contributed by atoms with E-state index in [-0.39, 0.29) is 6.10 Å². The molecule has 0 radical (unpaired) electrons. The van der Waals surface area contributed by atoms with Crippen LogP contribution in [0.4, 0.5) is 0 Å². The van der Waals surface area contributed by atoms with Gasteiger partial charge in [0.15, 0.2) is 0 Å². The summed E-state index contributed by atoms with van der Waals surface area (Å²) in [6, 6.07) is 8.19. The monoisotopic (exact) mass is 160 g/mol. The molecule has 0 N–H and O–H groups in total. The van der Waals surface area contributed by atoms with Crippen LogP contribution in [-0.4, -0.2) is 6.10 Å². The molecule has 62 valence electrons. The Labute approximate surface area is 72.7 Å².